The van der Waals surface area contributed by atoms with E-state index in [-0.39, 0.29) is 5.56 Å². The van der Waals surface area contributed by atoms with Crippen molar-refractivity contribution in [1.82, 2.24) is 24.3 Å². The number of aromatic nitrogens is 4. The summed E-state index contributed by atoms with van der Waals surface area (Å²) in [5, 5.41) is 3.49. The Morgan fingerprint density at radius 1 is 1.22 bits per heavy atom. The normalized spacial score (nSPS) is 23.0. The predicted octanol–water partition coefficient (Wildman–Crippen LogP) is 1.26. The van der Waals surface area contributed by atoms with Gasteiger partial charge in [-0.05, 0) is 24.9 Å². The van der Waals surface area contributed by atoms with Crippen LogP contribution >= 0.6 is 0 Å². The lowest BCUT2D eigenvalue weighted by Crippen LogP contribution is -2.44. The van der Waals surface area contributed by atoms with Gasteiger partial charge in [-0.3, -0.25) is 14.2 Å². The molecule has 2 bridgehead atoms. The monoisotopic (exact) mass is 307 g/mol. The number of piperidine rings is 1. The number of nitrogens with one attached hydrogen (secondary N) is 1. The summed E-state index contributed by atoms with van der Waals surface area (Å²) < 4.78 is 3.94. The lowest BCUT2D eigenvalue weighted by atomic mass is 9.83. The fourth-order valence-electron chi connectivity index (χ4n) is 4.01. The Balaban J connectivity index is 1.71. The van der Waals surface area contributed by atoms with Crippen molar-refractivity contribution in [2.24, 2.45) is 5.92 Å². The van der Waals surface area contributed by atoms with E-state index in [1.165, 1.54) is 6.42 Å². The predicted molar refractivity (Wildman–Crippen MR) is 86.4 cm³/mol. The molecule has 6 heteroatoms. The standard InChI is InChI=1S/C17H17N5O/c23-17-5-12(15-8-20-16-9-18-1-2-21(15)16)4-14-13-3-11(6-19-7-13)10-22(14)17/h1-2,4-5,8-9,11,13,19H,3,6-7,10H2/t11-,13+/m0/s1. The minimum Gasteiger partial charge on any atom is -0.316 e. The van der Waals surface area contributed by atoms with E-state index in [2.05, 4.69) is 21.4 Å². The summed E-state index contributed by atoms with van der Waals surface area (Å²) in [6, 6.07) is 3.90. The maximum Gasteiger partial charge on any atom is 0.251 e. The number of rotatable bonds is 1. The van der Waals surface area contributed by atoms with Crippen molar-refractivity contribution in [2.45, 2.75) is 18.9 Å². The van der Waals surface area contributed by atoms with E-state index in [0.29, 0.717) is 11.8 Å². The Morgan fingerprint density at radius 3 is 3.13 bits per heavy atom. The second-order valence-electron chi connectivity index (χ2n) is 6.52. The molecule has 3 aromatic heterocycles. The molecule has 0 unspecified atom stereocenters. The molecule has 1 fully saturated rings. The Kier molecular flexibility index (Phi) is 2.69. The van der Waals surface area contributed by atoms with Gasteiger partial charge in [0.2, 0.25) is 0 Å². The zero-order valence-corrected chi connectivity index (χ0v) is 12.6. The topological polar surface area (TPSA) is 64.2 Å². The van der Waals surface area contributed by atoms with E-state index in [0.717, 1.165) is 42.2 Å². The largest absolute Gasteiger partial charge is 0.316 e. The highest BCUT2D eigenvalue weighted by molar-refractivity contribution is 5.63. The van der Waals surface area contributed by atoms with Gasteiger partial charge in [0.25, 0.3) is 5.56 Å². The fraction of sp³-hybridized carbons (Fsp3) is 0.353. The molecule has 3 aromatic rings. The summed E-state index contributed by atoms with van der Waals surface area (Å²) in [5.41, 5.74) is 3.91. The molecule has 116 valence electrons. The van der Waals surface area contributed by atoms with E-state index in [9.17, 15) is 4.79 Å². The second kappa shape index (κ2) is 4.76. The van der Waals surface area contributed by atoms with Gasteiger partial charge in [-0.25, -0.2) is 4.98 Å². The van der Waals surface area contributed by atoms with Crippen LogP contribution in [0.2, 0.25) is 0 Å². The van der Waals surface area contributed by atoms with Crippen LogP contribution in [0.15, 0.2) is 41.7 Å². The molecule has 0 radical (unpaired) electrons. The van der Waals surface area contributed by atoms with Gasteiger partial charge in [0, 0.05) is 48.7 Å². The quantitative estimate of drug-likeness (QED) is 0.735. The third-order valence-corrected chi connectivity index (χ3v) is 5.07. The van der Waals surface area contributed by atoms with Gasteiger partial charge in [-0.2, -0.15) is 0 Å². The molecule has 5 heterocycles. The Morgan fingerprint density at radius 2 is 2.17 bits per heavy atom. The minimum absolute atomic E-state index is 0.0955. The molecule has 0 saturated carbocycles. The van der Waals surface area contributed by atoms with E-state index >= 15 is 0 Å². The molecule has 0 aromatic carbocycles. The summed E-state index contributed by atoms with van der Waals surface area (Å²) in [5.74, 6) is 1.00. The summed E-state index contributed by atoms with van der Waals surface area (Å²) in [6.07, 6.45) is 8.33. The first-order valence-corrected chi connectivity index (χ1v) is 8.02. The van der Waals surface area contributed by atoms with Gasteiger partial charge >= 0.3 is 0 Å². The summed E-state index contributed by atoms with van der Waals surface area (Å²) in [7, 11) is 0. The van der Waals surface area contributed by atoms with Crippen molar-refractivity contribution in [3.63, 3.8) is 0 Å². The maximum absolute atomic E-state index is 12.6. The number of nitrogens with zero attached hydrogens (tertiary/aromatic N) is 4. The average molecular weight is 307 g/mol. The minimum atomic E-state index is 0.0955. The lowest BCUT2D eigenvalue weighted by Gasteiger charge is -2.37. The number of hydrogen-bond acceptors (Lipinski definition) is 4. The molecule has 5 rings (SSSR count). The first-order chi connectivity index (χ1) is 11.3. The molecule has 23 heavy (non-hydrogen) atoms. The maximum atomic E-state index is 12.6. The van der Waals surface area contributed by atoms with Crippen LogP contribution in [-0.2, 0) is 6.54 Å². The third-order valence-electron chi connectivity index (χ3n) is 5.07. The molecule has 0 aliphatic carbocycles. The second-order valence-corrected chi connectivity index (χ2v) is 6.52. The molecule has 2 aliphatic rings. The molecular formula is C17H17N5O. The van der Waals surface area contributed by atoms with E-state index in [1.54, 1.807) is 18.5 Å². The molecule has 0 spiro atoms. The van der Waals surface area contributed by atoms with Gasteiger partial charge in [-0.1, -0.05) is 0 Å². The first kappa shape index (κ1) is 13.0. The van der Waals surface area contributed by atoms with Crippen LogP contribution < -0.4 is 10.9 Å². The zero-order chi connectivity index (χ0) is 15.4. The Hall–Kier alpha value is -2.47. The summed E-state index contributed by atoms with van der Waals surface area (Å²) in [6.45, 7) is 2.80. The Labute approximate surface area is 132 Å². The van der Waals surface area contributed by atoms with Crippen molar-refractivity contribution in [2.75, 3.05) is 13.1 Å². The Bertz CT molecular complexity index is 957. The highest BCUT2D eigenvalue weighted by Crippen LogP contribution is 2.33. The molecule has 2 aliphatic heterocycles. The molecular weight excluding hydrogens is 290 g/mol. The van der Waals surface area contributed by atoms with Gasteiger partial charge in [-0.15, -0.1) is 0 Å². The van der Waals surface area contributed by atoms with Gasteiger partial charge in [0.1, 0.15) is 0 Å². The lowest BCUT2D eigenvalue weighted by molar-refractivity contribution is 0.257. The molecule has 1 saturated heterocycles. The van der Waals surface area contributed by atoms with Crippen LogP contribution in [0.3, 0.4) is 0 Å². The highest BCUT2D eigenvalue weighted by atomic mass is 16.1. The van der Waals surface area contributed by atoms with Crippen molar-refractivity contribution in [1.29, 1.82) is 0 Å². The van der Waals surface area contributed by atoms with Crippen LogP contribution in [0.4, 0.5) is 0 Å². The van der Waals surface area contributed by atoms with Crippen molar-refractivity contribution >= 4 is 5.65 Å². The molecule has 0 amide bonds. The van der Waals surface area contributed by atoms with Crippen LogP contribution in [-0.4, -0.2) is 32.0 Å². The van der Waals surface area contributed by atoms with Crippen LogP contribution in [0.5, 0.6) is 0 Å². The smallest absolute Gasteiger partial charge is 0.251 e. The van der Waals surface area contributed by atoms with Crippen molar-refractivity contribution in [3.8, 4) is 11.3 Å². The first-order valence-electron chi connectivity index (χ1n) is 8.02. The SMILES string of the molecule is O=c1cc(-c2cnc3cnccn23)cc2n1C[C@@H]1CNC[C@H]2C1. The van der Waals surface area contributed by atoms with E-state index < -0.39 is 0 Å². The van der Waals surface area contributed by atoms with E-state index in [1.807, 2.05) is 21.4 Å². The van der Waals surface area contributed by atoms with Gasteiger partial charge in [0.05, 0.1) is 18.1 Å². The average Bonchev–Trinajstić information content (AvgIpc) is 3.00. The molecule has 1 N–H and O–H groups in total. The number of pyridine rings is 1. The number of fused-ring (bicyclic) bond motifs is 5. The van der Waals surface area contributed by atoms with Crippen LogP contribution in [0, 0.1) is 5.92 Å². The number of hydrogen-bond donors (Lipinski definition) is 1. The summed E-state index contributed by atoms with van der Waals surface area (Å²) >= 11 is 0. The van der Waals surface area contributed by atoms with Gasteiger partial charge in [0.15, 0.2) is 5.65 Å². The summed E-state index contributed by atoms with van der Waals surface area (Å²) in [4.78, 5) is 21.1. The highest BCUT2D eigenvalue weighted by Gasteiger charge is 2.31. The van der Waals surface area contributed by atoms with Crippen LogP contribution in [0.1, 0.15) is 18.0 Å². The molecule has 6 nitrogen and oxygen atoms in total. The zero-order valence-electron chi connectivity index (χ0n) is 12.6. The number of imidazole rings is 1. The van der Waals surface area contributed by atoms with Crippen LogP contribution in [0.25, 0.3) is 16.9 Å². The van der Waals surface area contributed by atoms with Crippen molar-refractivity contribution < 1.29 is 0 Å². The third kappa shape index (κ3) is 1.95. The van der Waals surface area contributed by atoms with Crippen molar-refractivity contribution in [3.05, 3.63) is 53.0 Å². The van der Waals surface area contributed by atoms with Gasteiger partial charge < -0.3 is 9.88 Å². The van der Waals surface area contributed by atoms with E-state index in [4.69, 9.17) is 0 Å². The molecule has 2 atom stereocenters. The fourth-order valence-corrected chi connectivity index (χ4v) is 4.01.